The van der Waals surface area contributed by atoms with E-state index in [0.717, 1.165) is 62.9 Å². The average molecular weight is 417 g/mol. The van der Waals surface area contributed by atoms with Gasteiger partial charge < -0.3 is 18.9 Å². The summed E-state index contributed by atoms with van der Waals surface area (Å²) in [6, 6.07) is 0. The van der Waals surface area contributed by atoms with Gasteiger partial charge >= 0.3 is 0 Å². The highest BCUT2D eigenvalue weighted by Crippen LogP contribution is 2.70. The minimum Gasteiger partial charge on any atom is -0.348 e. The smallest absolute Gasteiger partial charge is 0.172 e. The minimum absolute atomic E-state index is 0.311. The third-order valence-electron chi connectivity index (χ3n) is 10.7. The van der Waals surface area contributed by atoms with E-state index in [-0.39, 0.29) is 11.6 Å². The number of ether oxygens (including phenoxy) is 4. The lowest BCUT2D eigenvalue weighted by Crippen LogP contribution is -2.56. The van der Waals surface area contributed by atoms with Crippen molar-refractivity contribution in [2.75, 3.05) is 26.4 Å². The number of hydrogen-bond donors (Lipinski definition) is 0. The van der Waals surface area contributed by atoms with E-state index in [2.05, 4.69) is 33.8 Å². The zero-order valence-corrected chi connectivity index (χ0v) is 19.4. The highest BCUT2D eigenvalue weighted by molar-refractivity contribution is 5.27. The Morgan fingerprint density at radius 1 is 0.900 bits per heavy atom. The van der Waals surface area contributed by atoms with Gasteiger partial charge in [-0.05, 0) is 73.5 Å². The maximum absolute atomic E-state index is 6.21. The molecular weight excluding hydrogens is 376 g/mol. The summed E-state index contributed by atoms with van der Waals surface area (Å²) in [6.45, 7) is 13.0. The van der Waals surface area contributed by atoms with E-state index in [0.29, 0.717) is 16.7 Å². The molecule has 5 unspecified atom stereocenters. The van der Waals surface area contributed by atoms with E-state index in [1.165, 1.54) is 32.1 Å². The fourth-order valence-corrected chi connectivity index (χ4v) is 9.66. The van der Waals surface area contributed by atoms with E-state index in [1.807, 2.05) is 0 Å². The lowest BCUT2D eigenvalue weighted by atomic mass is 9.44. The molecule has 0 aromatic carbocycles. The van der Waals surface area contributed by atoms with Gasteiger partial charge in [0, 0.05) is 18.8 Å². The van der Waals surface area contributed by atoms with Crippen molar-refractivity contribution in [1.29, 1.82) is 0 Å². The Kier molecular flexibility index (Phi) is 4.42. The summed E-state index contributed by atoms with van der Waals surface area (Å²) in [6.07, 6.45) is 11.0. The van der Waals surface area contributed by atoms with Gasteiger partial charge in [-0.2, -0.15) is 0 Å². The van der Waals surface area contributed by atoms with Gasteiger partial charge in [0.1, 0.15) is 0 Å². The van der Waals surface area contributed by atoms with E-state index in [9.17, 15) is 0 Å². The molecule has 6 aliphatic rings. The predicted molar refractivity (Wildman–Crippen MR) is 115 cm³/mol. The molecule has 3 saturated carbocycles. The first-order chi connectivity index (χ1) is 14.3. The average Bonchev–Trinajstić information content (AvgIpc) is 3.41. The second-order valence-electron chi connectivity index (χ2n) is 12.0. The molecule has 0 radical (unpaired) electrons. The van der Waals surface area contributed by atoms with Crippen LogP contribution in [-0.4, -0.2) is 38.0 Å². The normalized spacial score (nSPS) is 51.3. The summed E-state index contributed by atoms with van der Waals surface area (Å²) in [5.41, 5.74) is 2.28. The van der Waals surface area contributed by atoms with Crippen LogP contribution in [0.5, 0.6) is 0 Å². The monoisotopic (exact) mass is 416 g/mol. The molecular formula is C26H40O4. The summed E-state index contributed by atoms with van der Waals surface area (Å²) in [5.74, 6) is 2.94. The van der Waals surface area contributed by atoms with Crippen molar-refractivity contribution in [3.8, 4) is 0 Å². The molecule has 0 aromatic heterocycles. The molecule has 30 heavy (non-hydrogen) atoms. The molecule has 4 nitrogen and oxygen atoms in total. The van der Waals surface area contributed by atoms with Crippen LogP contribution in [0.3, 0.4) is 0 Å². The number of hydrogen-bond acceptors (Lipinski definition) is 4. The van der Waals surface area contributed by atoms with Gasteiger partial charge in [0.2, 0.25) is 0 Å². The zero-order chi connectivity index (χ0) is 20.8. The molecule has 0 amide bonds. The third-order valence-corrected chi connectivity index (χ3v) is 10.7. The molecule has 5 fully saturated rings. The molecule has 2 heterocycles. The summed E-state index contributed by atoms with van der Waals surface area (Å²) in [7, 11) is 0. The summed E-state index contributed by atoms with van der Waals surface area (Å²) >= 11 is 0. The lowest BCUT2D eigenvalue weighted by Gasteiger charge is -2.61. The van der Waals surface area contributed by atoms with Crippen molar-refractivity contribution in [3.63, 3.8) is 0 Å². The fraction of sp³-hybridized carbons (Fsp3) is 0.923. The van der Waals surface area contributed by atoms with Crippen molar-refractivity contribution in [2.45, 2.75) is 84.2 Å². The van der Waals surface area contributed by atoms with Crippen molar-refractivity contribution in [3.05, 3.63) is 11.6 Å². The van der Waals surface area contributed by atoms with Crippen LogP contribution in [0.1, 0.15) is 72.6 Å². The largest absolute Gasteiger partial charge is 0.348 e. The predicted octanol–water partition coefficient (Wildman–Crippen LogP) is 5.32. The Balaban J connectivity index is 1.32. The molecule has 2 aliphatic heterocycles. The van der Waals surface area contributed by atoms with Crippen molar-refractivity contribution in [2.24, 2.45) is 40.4 Å². The Labute approximate surface area is 182 Å². The first-order valence-corrected chi connectivity index (χ1v) is 12.6. The molecule has 6 rings (SSSR count). The SMILES string of the molecule is CC1C[C@@]2(C)C(CCC2C2(C)OCCO2)C2CC=C3CC4(CC[C@]3(C)C12)OCCO4. The van der Waals surface area contributed by atoms with Crippen LogP contribution in [-0.2, 0) is 18.9 Å². The Hall–Kier alpha value is -0.420. The van der Waals surface area contributed by atoms with Crippen LogP contribution >= 0.6 is 0 Å². The molecule has 0 N–H and O–H groups in total. The van der Waals surface area contributed by atoms with Crippen LogP contribution in [0.4, 0.5) is 0 Å². The van der Waals surface area contributed by atoms with E-state index in [4.69, 9.17) is 18.9 Å². The molecule has 1 spiro atoms. The molecule has 7 atom stereocenters. The standard InChI is InChI=1S/C26H40O4/c1-17-15-24(3)20(7-8-21(24)25(4)27-11-12-28-25)19-6-5-18-16-26(29-13-14-30-26)10-9-23(18,2)22(17)19/h5,17,19-22H,6-16H2,1-4H3/t17?,19?,20?,21?,22?,23-,24-/m0/s1. The first kappa shape index (κ1) is 20.2. The highest BCUT2D eigenvalue weighted by Gasteiger charge is 2.65. The van der Waals surface area contributed by atoms with Crippen molar-refractivity contribution >= 4 is 0 Å². The fourth-order valence-electron chi connectivity index (χ4n) is 9.66. The van der Waals surface area contributed by atoms with Crippen molar-refractivity contribution < 1.29 is 18.9 Å². The molecule has 2 saturated heterocycles. The van der Waals surface area contributed by atoms with Crippen LogP contribution in [0.2, 0.25) is 0 Å². The van der Waals surface area contributed by atoms with E-state index in [1.54, 1.807) is 5.57 Å². The highest BCUT2D eigenvalue weighted by atomic mass is 16.7. The van der Waals surface area contributed by atoms with Crippen LogP contribution < -0.4 is 0 Å². The summed E-state index contributed by atoms with van der Waals surface area (Å²) in [5, 5.41) is 0. The second kappa shape index (κ2) is 6.56. The number of allylic oxidation sites excluding steroid dienone is 1. The second-order valence-corrected chi connectivity index (χ2v) is 12.0. The van der Waals surface area contributed by atoms with Gasteiger partial charge in [-0.3, -0.25) is 0 Å². The number of rotatable bonds is 1. The van der Waals surface area contributed by atoms with Crippen molar-refractivity contribution in [1.82, 2.24) is 0 Å². The molecule has 4 aliphatic carbocycles. The third kappa shape index (κ3) is 2.60. The summed E-state index contributed by atoms with van der Waals surface area (Å²) < 4.78 is 24.6. The van der Waals surface area contributed by atoms with Gasteiger partial charge in [0.15, 0.2) is 11.6 Å². The van der Waals surface area contributed by atoms with Gasteiger partial charge in [-0.15, -0.1) is 0 Å². The van der Waals surface area contributed by atoms with Gasteiger partial charge in [0.05, 0.1) is 26.4 Å². The Morgan fingerprint density at radius 2 is 1.60 bits per heavy atom. The van der Waals surface area contributed by atoms with Gasteiger partial charge in [0.25, 0.3) is 0 Å². The molecule has 4 heteroatoms. The van der Waals surface area contributed by atoms with Crippen LogP contribution in [0, 0.1) is 40.4 Å². The molecule has 0 bridgehead atoms. The van der Waals surface area contributed by atoms with Crippen LogP contribution in [0.15, 0.2) is 11.6 Å². The van der Waals surface area contributed by atoms with Gasteiger partial charge in [-0.25, -0.2) is 0 Å². The lowest BCUT2D eigenvalue weighted by molar-refractivity contribution is -0.221. The maximum atomic E-state index is 6.21. The first-order valence-electron chi connectivity index (χ1n) is 12.6. The number of fused-ring (bicyclic) bond motifs is 5. The van der Waals surface area contributed by atoms with Crippen LogP contribution in [0.25, 0.3) is 0 Å². The molecule has 168 valence electrons. The molecule has 0 aromatic rings. The van der Waals surface area contributed by atoms with E-state index < -0.39 is 0 Å². The zero-order valence-electron chi connectivity index (χ0n) is 19.4. The maximum Gasteiger partial charge on any atom is 0.172 e. The summed E-state index contributed by atoms with van der Waals surface area (Å²) in [4.78, 5) is 0. The Bertz CT molecular complexity index is 733. The quantitative estimate of drug-likeness (QED) is 0.542. The van der Waals surface area contributed by atoms with Gasteiger partial charge in [-0.1, -0.05) is 32.4 Å². The Morgan fingerprint density at radius 3 is 2.33 bits per heavy atom. The van der Waals surface area contributed by atoms with E-state index >= 15 is 0 Å². The topological polar surface area (TPSA) is 36.9 Å². The minimum atomic E-state index is -0.371.